The van der Waals surface area contributed by atoms with Crippen molar-refractivity contribution >= 4 is 29.6 Å². The van der Waals surface area contributed by atoms with Crippen LogP contribution in [0.2, 0.25) is 0 Å². The van der Waals surface area contributed by atoms with Gasteiger partial charge in [0.1, 0.15) is 17.1 Å². The zero-order valence-corrected chi connectivity index (χ0v) is 22.5. The van der Waals surface area contributed by atoms with Crippen LogP contribution in [0.15, 0.2) is 88.2 Å². The summed E-state index contributed by atoms with van der Waals surface area (Å²) in [6.07, 6.45) is 1.74. The molecule has 0 saturated heterocycles. The van der Waals surface area contributed by atoms with Gasteiger partial charge in [-0.15, -0.1) is 0 Å². The van der Waals surface area contributed by atoms with Gasteiger partial charge >= 0.3 is 5.97 Å². The quantitative estimate of drug-likeness (QED) is 0.162. The largest absolute Gasteiger partial charge is 0.507 e. The SMILES string of the molecule is CC(C)(S)CN(Cc1ccccn1)Cc1c(O)ccc2c(-c3ccccc3C(=O)O)c3ccc(=O)cc-3oc12. The number of thiol groups is 1. The highest BCUT2D eigenvalue weighted by Gasteiger charge is 2.26. The molecule has 1 aliphatic carbocycles. The van der Waals surface area contributed by atoms with Crippen molar-refractivity contribution < 1.29 is 19.4 Å². The molecule has 0 radical (unpaired) electrons. The molecule has 0 amide bonds. The van der Waals surface area contributed by atoms with Crippen molar-refractivity contribution in [3.63, 3.8) is 0 Å². The van der Waals surface area contributed by atoms with E-state index in [0.29, 0.717) is 58.6 Å². The standard InChI is InChI=1S/C31H28N2O5S/c1-31(2,39)18-33(16-19-7-5-6-14-32-19)17-25-26(35)13-12-24-28(21-8-3-4-9-22(21)30(36)37)23-11-10-20(34)15-27(23)38-29(24)25/h3-15,35,39H,16-18H2,1-2H3,(H,36,37). The number of hydrogen-bond acceptors (Lipinski definition) is 7. The number of fused-ring (bicyclic) bond motifs is 2. The molecule has 0 fully saturated rings. The third-order valence-corrected chi connectivity index (χ3v) is 6.61. The first-order valence-corrected chi connectivity index (χ1v) is 12.9. The molecule has 0 spiro atoms. The minimum Gasteiger partial charge on any atom is -0.507 e. The van der Waals surface area contributed by atoms with Crippen molar-refractivity contribution in [3.8, 4) is 28.2 Å². The third-order valence-electron chi connectivity index (χ3n) is 6.47. The van der Waals surface area contributed by atoms with Crippen LogP contribution in [0.1, 0.15) is 35.5 Å². The maximum atomic E-state index is 12.3. The summed E-state index contributed by atoms with van der Waals surface area (Å²) >= 11 is 4.74. The lowest BCUT2D eigenvalue weighted by Crippen LogP contribution is -2.34. The van der Waals surface area contributed by atoms with Crippen LogP contribution in [-0.4, -0.2) is 37.4 Å². The molecule has 0 saturated carbocycles. The highest BCUT2D eigenvalue weighted by atomic mass is 32.1. The Morgan fingerprint density at radius 2 is 1.77 bits per heavy atom. The molecule has 0 atom stereocenters. The minimum absolute atomic E-state index is 0.0318. The molecule has 1 aliphatic heterocycles. The summed E-state index contributed by atoms with van der Waals surface area (Å²) < 4.78 is 5.97. The molecule has 3 aromatic rings. The van der Waals surface area contributed by atoms with Gasteiger partial charge in [0.15, 0.2) is 5.43 Å². The number of nitrogens with zero attached hydrogens (tertiary/aromatic N) is 2. The maximum Gasteiger partial charge on any atom is 0.336 e. The topological polar surface area (TPSA) is 104 Å². The maximum absolute atomic E-state index is 12.3. The van der Waals surface area contributed by atoms with E-state index in [4.69, 9.17) is 17.0 Å². The molecule has 0 bridgehead atoms. The average molecular weight is 541 g/mol. The van der Waals surface area contributed by atoms with Gasteiger partial charge in [0.25, 0.3) is 0 Å². The van der Waals surface area contributed by atoms with Gasteiger partial charge in [-0.05, 0) is 61.9 Å². The minimum atomic E-state index is -1.07. The molecule has 8 heteroatoms. The normalized spacial score (nSPS) is 11.9. The summed E-state index contributed by atoms with van der Waals surface area (Å²) in [5.41, 5.74) is 3.38. The third kappa shape index (κ3) is 5.67. The van der Waals surface area contributed by atoms with Gasteiger partial charge in [-0.25, -0.2) is 4.79 Å². The van der Waals surface area contributed by atoms with Crippen molar-refractivity contribution in [1.29, 1.82) is 0 Å². The van der Waals surface area contributed by atoms with Crippen LogP contribution in [0.25, 0.3) is 33.4 Å². The first kappa shape index (κ1) is 26.5. The van der Waals surface area contributed by atoms with Crippen LogP contribution in [0.3, 0.4) is 0 Å². The highest BCUT2D eigenvalue weighted by molar-refractivity contribution is 7.81. The molecule has 2 heterocycles. The van der Waals surface area contributed by atoms with Crippen molar-refractivity contribution in [2.45, 2.75) is 31.7 Å². The molecule has 39 heavy (non-hydrogen) atoms. The van der Waals surface area contributed by atoms with Crippen LogP contribution in [0, 0.1) is 0 Å². The van der Waals surface area contributed by atoms with Gasteiger partial charge in [0.05, 0.1) is 16.8 Å². The second-order valence-corrected chi connectivity index (χ2v) is 11.4. The molecule has 7 nitrogen and oxygen atoms in total. The van der Waals surface area contributed by atoms with E-state index in [1.54, 1.807) is 48.7 Å². The van der Waals surface area contributed by atoms with Gasteiger partial charge in [0.2, 0.25) is 0 Å². The molecule has 2 aromatic carbocycles. The van der Waals surface area contributed by atoms with Crippen LogP contribution < -0.4 is 5.43 Å². The molecule has 0 unspecified atom stereocenters. The van der Waals surface area contributed by atoms with E-state index in [0.717, 1.165) is 5.69 Å². The summed E-state index contributed by atoms with van der Waals surface area (Å²) in [6.45, 7) is 5.41. The second kappa shape index (κ2) is 10.6. The van der Waals surface area contributed by atoms with E-state index < -0.39 is 5.97 Å². The number of carbonyl (C=O) groups is 1. The van der Waals surface area contributed by atoms with Crippen molar-refractivity contribution in [2.24, 2.45) is 0 Å². The Bertz CT molecular complexity index is 1690. The first-order chi connectivity index (χ1) is 18.6. The fraction of sp³-hybridized carbons (Fsp3) is 0.194. The summed E-state index contributed by atoms with van der Waals surface area (Å²) in [5.74, 6) is -0.725. The van der Waals surface area contributed by atoms with E-state index >= 15 is 0 Å². The lowest BCUT2D eigenvalue weighted by molar-refractivity contribution is 0.0697. The van der Waals surface area contributed by atoms with Crippen molar-refractivity contribution in [3.05, 3.63) is 106 Å². The van der Waals surface area contributed by atoms with E-state index in [-0.39, 0.29) is 21.5 Å². The molecule has 1 aromatic heterocycles. The lowest BCUT2D eigenvalue weighted by Gasteiger charge is -2.29. The smallest absolute Gasteiger partial charge is 0.336 e. The number of phenols is 1. The van der Waals surface area contributed by atoms with Crippen molar-refractivity contribution in [2.75, 3.05) is 6.54 Å². The Labute approximate surface area is 231 Å². The summed E-state index contributed by atoms with van der Waals surface area (Å²) in [7, 11) is 0. The molecule has 2 N–H and O–H groups in total. The Hall–Kier alpha value is -4.14. The van der Waals surface area contributed by atoms with E-state index in [1.807, 2.05) is 32.0 Å². The number of aromatic nitrogens is 1. The highest BCUT2D eigenvalue weighted by Crippen LogP contribution is 2.43. The van der Waals surface area contributed by atoms with E-state index in [1.165, 1.54) is 12.1 Å². The number of rotatable bonds is 8. The lowest BCUT2D eigenvalue weighted by atomic mass is 9.90. The Morgan fingerprint density at radius 1 is 1.00 bits per heavy atom. The van der Waals surface area contributed by atoms with E-state index in [2.05, 4.69) is 9.88 Å². The van der Waals surface area contributed by atoms with Gasteiger partial charge < -0.3 is 14.6 Å². The number of aromatic carboxylic acids is 1. The molecule has 5 rings (SSSR count). The first-order valence-electron chi connectivity index (χ1n) is 12.5. The number of pyridine rings is 1. The van der Waals surface area contributed by atoms with Gasteiger partial charge in [-0.2, -0.15) is 12.6 Å². The Balaban J connectivity index is 1.75. The fourth-order valence-electron chi connectivity index (χ4n) is 4.97. The van der Waals surface area contributed by atoms with Gasteiger partial charge in [-0.1, -0.05) is 24.3 Å². The number of aromatic hydroxyl groups is 1. The van der Waals surface area contributed by atoms with E-state index in [9.17, 15) is 19.8 Å². The number of carboxylic acid groups (broad SMARTS) is 1. The van der Waals surface area contributed by atoms with Crippen molar-refractivity contribution in [1.82, 2.24) is 9.88 Å². The molecular formula is C31H28N2O5S. The number of hydrogen-bond donors (Lipinski definition) is 3. The number of carboxylic acids is 1. The monoisotopic (exact) mass is 540 g/mol. The number of phenolic OH excluding ortho intramolecular Hbond substituents is 1. The predicted octanol–water partition coefficient (Wildman–Crippen LogP) is 6.07. The summed E-state index contributed by atoms with van der Waals surface area (Å²) in [5, 5.41) is 21.7. The Morgan fingerprint density at radius 3 is 2.49 bits per heavy atom. The molecule has 198 valence electrons. The zero-order valence-electron chi connectivity index (χ0n) is 21.6. The molecule has 2 aliphatic rings. The fourth-order valence-corrected chi connectivity index (χ4v) is 5.17. The molecular weight excluding hydrogens is 512 g/mol. The average Bonchev–Trinajstić information content (AvgIpc) is 2.88. The van der Waals surface area contributed by atoms with Gasteiger partial charge in [-0.3, -0.25) is 14.7 Å². The zero-order chi connectivity index (χ0) is 27.7. The van der Waals surface area contributed by atoms with Gasteiger partial charge in [0, 0.05) is 53.2 Å². The number of benzene rings is 3. The predicted molar refractivity (Wildman–Crippen MR) is 155 cm³/mol. The van der Waals surface area contributed by atoms with Crippen LogP contribution in [0.5, 0.6) is 5.75 Å². The van der Waals surface area contributed by atoms with Crippen LogP contribution >= 0.6 is 12.6 Å². The van der Waals surface area contributed by atoms with Crippen LogP contribution in [0.4, 0.5) is 0 Å². The van der Waals surface area contributed by atoms with Crippen LogP contribution in [-0.2, 0) is 13.1 Å². The summed E-state index contributed by atoms with van der Waals surface area (Å²) in [4.78, 5) is 31.1. The summed E-state index contributed by atoms with van der Waals surface area (Å²) in [6, 6.07) is 20.3. The Kier molecular flexibility index (Phi) is 7.16. The second-order valence-electron chi connectivity index (χ2n) is 10.2.